The molecule has 0 radical (unpaired) electrons. The zero-order chi connectivity index (χ0) is 24.9. The van der Waals surface area contributed by atoms with Crippen LogP contribution < -0.4 is 10.1 Å². The highest BCUT2D eigenvalue weighted by Crippen LogP contribution is 2.28. The summed E-state index contributed by atoms with van der Waals surface area (Å²) in [6.07, 6.45) is 1.08. The van der Waals surface area contributed by atoms with Crippen LogP contribution in [-0.2, 0) is 6.61 Å². The number of oxazole rings is 1. The topological polar surface area (TPSA) is 64.4 Å². The summed E-state index contributed by atoms with van der Waals surface area (Å²) in [7, 11) is 0. The summed E-state index contributed by atoms with van der Waals surface area (Å²) in [5, 5.41) is 2.94. The summed E-state index contributed by atoms with van der Waals surface area (Å²) in [5.41, 5.74) is 6.09. The van der Waals surface area contributed by atoms with Crippen LogP contribution in [0.2, 0.25) is 0 Å². The summed E-state index contributed by atoms with van der Waals surface area (Å²) in [4.78, 5) is 17.4. The first kappa shape index (κ1) is 23.4. The third kappa shape index (κ3) is 5.31. The largest absolute Gasteiger partial charge is 0.489 e. The number of hydrogen-bond donors (Lipinski definition) is 1. The molecule has 0 aliphatic carbocycles. The van der Waals surface area contributed by atoms with Gasteiger partial charge in [0.05, 0.1) is 0 Å². The van der Waals surface area contributed by atoms with Crippen LogP contribution in [0.5, 0.6) is 5.75 Å². The number of fused-ring (bicyclic) bond motifs is 1. The smallest absolute Gasteiger partial charge is 0.255 e. The number of nitrogens with zero attached hydrogens (tertiary/aromatic N) is 1. The van der Waals surface area contributed by atoms with E-state index >= 15 is 0 Å². The first-order valence-electron chi connectivity index (χ1n) is 12.2. The lowest BCUT2D eigenvalue weighted by Crippen LogP contribution is -2.11. The van der Waals surface area contributed by atoms with Gasteiger partial charge in [-0.15, -0.1) is 0 Å². The summed E-state index contributed by atoms with van der Waals surface area (Å²) >= 11 is 0. The fourth-order valence-corrected chi connectivity index (χ4v) is 3.95. The number of carbonyl (C=O) groups excluding carboxylic acids is 1. The van der Waals surface area contributed by atoms with Crippen LogP contribution in [-0.4, -0.2) is 10.9 Å². The zero-order valence-corrected chi connectivity index (χ0v) is 20.4. The quantitative estimate of drug-likeness (QED) is 0.248. The molecule has 5 heteroatoms. The predicted molar refractivity (Wildman–Crippen MR) is 143 cm³/mol. The van der Waals surface area contributed by atoms with Gasteiger partial charge in [0.15, 0.2) is 5.58 Å². The van der Waals surface area contributed by atoms with Gasteiger partial charge in [-0.1, -0.05) is 50.2 Å². The molecule has 5 rings (SSSR count). The summed E-state index contributed by atoms with van der Waals surface area (Å²) in [6, 6.07) is 30.8. The second kappa shape index (κ2) is 10.5. The van der Waals surface area contributed by atoms with Crippen LogP contribution in [0.3, 0.4) is 0 Å². The first-order chi connectivity index (χ1) is 17.6. The third-order valence-corrected chi connectivity index (χ3v) is 6.35. The van der Waals surface area contributed by atoms with Gasteiger partial charge in [-0.3, -0.25) is 4.79 Å². The van der Waals surface area contributed by atoms with Gasteiger partial charge < -0.3 is 14.5 Å². The van der Waals surface area contributed by atoms with E-state index in [9.17, 15) is 4.79 Å². The molecule has 0 saturated carbocycles. The molecule has 1 heterocycles. The molecular formula is C31H28N2O3. The van der Waals surface area contributed by atoms with Crippen molar-refractivity contribution in [2.75, 3.05) is 5.32 Å². The highest BCUT2D eigenvalue weighted by Gasteiger charge is 2.12. The van der Waals surface area contributed by atoms with Gasteiger partial charge in [0.1, 0.15) is 17.9 Å². The van der Waals surface area contributed by atoms with Crippen LogP contribution >= 0.6 is 0 Å². The van der Waals surface area contributed by atoms with Crippen LogP contribution in [0.25, 0.3) is 22.6 Å². The van der Waals surface area contributed by atoms with Crippen molar-refractivity contribution in [3.8, 4) is 17.2 Å². The number of ether oxygens (including phenoxy) is 1. The fraction of sp³-hybridized carbons (Fsp3) is 0.161. The SMILES string of the molecule is CC[C@@H](C)c1ccc2oc(-c3ccc(NC(=O)c4ccc(OCc5ccccc5)cc4)cc3)nc2c1. The summed E-state index contributed by atoms with van der Waals surface area (Å²) < 4.78 is 11.8. The number of amides is 1. The molecule has 0 unspecified atom stereocenters. The van der Waals surface area contributed by atoms with Gasteiger partial charge in [-0.25, -0.2) is 4.98 Å². The molecule has 0 aliphatic heterocycles. The van der Waals surface area contributed by atoms with E-state index in [0.717, 1.165) is 34.4 Å². The minimum Gasteiger partial charge on any atom is -0.489 e. The number of hydrogen-bond acceptors (Lipinski definition) is 4. The molecule has 180 valence electrons. The number of anilines is 1. The van der Waals surface area contributed by atoms with Gasteiger partial charge in [0.25, 0.3) is 5.91 Å². The summed E-state index contributed by atoms with van der Waals surface area (Å²) in [5.74, 6) is 1.58. The predicted octanol–water partition coefficient (Wildman–Crippen LogP) is 7.84. The Morgan fingerprint density at radius 1 is 0.944 bits per heavy atom. The van der Waals surface area contributed by atoms with Gasteiger partial charge in [0.2, 0.25) is 5.89 Å². The normalized spacial score (nSPS) is 11.8. The average molecular weight is 477 g/mol. The standard InChI is InChI=1S/C31H28N2O3/c1-3-21(2)25-13-18-29-28(19-25)33-31(36-29)24-9-14-26(15-10-24)32-30(34)23-11-16-27(17-12-23)35-20-22-7-5-4-6-8-22/h4-19,21H,3,20H2,1-2H3,(H,32,34)/t21-/m1/s1. The van der Waals surface area contributed by atoms with E-state index in [-0.39, 0.29) is 5.91 Å². The Morgan fingerprint density at radius 3 is 2.42 bits per heavy atom. The molecular weight excluding hydrogens is 448 g/mol. The minimum atomic E-state index is -0.184. The second-order valence-corrected chi connectivity index (χ2v) is 8.89. The minimum absolute atomic E-state index is 0.184. The number of aromatic nitrogens is 1. The molecule has 4 aromatic carbocycles. The molecule has 0 bridgehead atoms. The summed E-state index contributed by atoms with van der Waals surface area (Å²) in [6.45, 7) is 4.88. The van der Waals surface area contributed by atoms with Crippen molar-refractivity contribution in [2.24, 2.45) is 0 Å². The van der Waals surface area contributed by atoms with Crippen molar-refractivity contribution in [3.05, 3.63) is 114 Å². The van der Waals surface area contributed by atoms with Crippen molar-refractivity contribution < 1.29 is 13.9 Å². The molecule has 0 saturated heterocycles. The lowest BCUT2D eigenvalue weighted by Gasteiger charge is -2.08. The number of benzene rings is 4. The molecule has 0 aliphatic rings. The van der Waals surface area contributed by atoms with Gasteiger partial charge in [0, 0.05) is 16.8 Å². The Bertz CT molecular complexity index is 1460. The van der Waals surface area contributed by atoms with Gasteiger partial charge >= 0.3 is 0 Å². The highest BCUT2D eigenvalue weighted by atomic mass is 16.5. The van der Waals surface area contributed by atoms with Crippen LogP contribution in [0, 0.1) is 0 Å². The molecule has 5 aromatic rings. The lowest BCUT2D eigenvalue weighted by molar-refractivity contribution is 0.102. The van der Waals surface area contributed by atoms with Gasteiger partial charge in [-0.05, 0) is 84.1 Å². The molecule has 1 N–H and O–H groups in total. The number of carbonyl (C=O) groups is 1. The van der Waals surface area contributed by atoms with Crippen molar-refractivity contribution in [3.63, 3.8) is 0 Å². The third-order valence-electron chi connectivity index (χ3n) is 6.35. The van der Waals surface area contributed by atoms with Crippen molar-refractivity contribution in [1.82, 2.24) is 4.98 Å². The highest BCUT2D eigenvalue weighted by molar-refractivity contribution is 6.04. The molecule has 36 heavy (non-hydrogen) atoms. The molecule has 0 fully saturated rings. The Kier molecular flexibility index (Phi) is 6.80. The lowest BCUT2D eigenvalue weighted by atomic mass is 9.98. The van der Waals surface area contributed by atoms with Crippen LogP contribution in [0.15, 0.2) is 101 Å². The van der Waals surface area contributed by atoms with E-state index in [4.69, 9.17) is 9.15 Å². The molecule has 1 amide bonds. The van der Waals surface area contributed by atoms with E-state index < -0.39 is 0 Å². The van der Waals surface area contributed by atoms with E-state index in [1.165, 1.54) is 5.56 Å². The Balaban J connectivity index is 1.22. The number of rotatable bonds is 8. The van der Waals surface area contributed by atoms with Crippen molar-refractivity contribution in [2.45, 2.75) is 32.8 Å². The van der Waals surface area contributed by atoms with E-state index in [0.29, 0.717) is 29.7 Å². The Hall–Kier alpha value is -4.38. The first-order valence-corrected chi connectivity index (χ1v) is 12.2. The van der Waals surface area contributed by atoms with Crippen LogP contribution in [0.1, 0.15) is 47.7 Å². The van der Waals surface area contributed by atoms with Crippen molar-refractivity contribution in [1.29, 1.82) is 0 Å². The molecule has 1 atom stereocenters. The second-order valence-electron chi connectivity index (χ2n) is 8.89. The maximum Gasteiger partial charge on any atom is 0.255 e. The number of nitrogens with one attached hydrogen (secondary N) is 1. The monoisotopic (exact) mass is 476 g/mol. The van der Waals surface area contributed by atoms with Gasteiger partial charge in [-0.2, -0.15) is 0 Å². The van der Waals surface area contributed by atoms with Crippen LogP contribution in [0.4, 0.5) is 5.69 Å². The fourth-order valence-electron chi connectivity index (χ4n) is 3.95. The van der Waals surface area contributed by atoms with Crippen molar-refractivity contribution >= 4 is 22.7 Å². The maximum absolute atomic E-state index is 12.7. The zero-order valence-electron chi connectivity index (χ0n) is 20.4. The molecule has 1 aromatic heterocycles. The molecule has 0 spiro atoms. The van der Waals surface area contributed by atoms with E-state index in [1.807, 2.05) is 60.7 Å². The average Bonchev–Trinajstić information content (AvgIpc) is 3.36. The Labute approximate surface area is 210 Å². The van der Waals surface area contributed by atoms with E-state index in [2.05, 4.69) is 36.3 Å². The van der Waals surface area contributed by atoms with E-state index in [1.54, 1.807) is 24.3 Å². The molecule has 5 nitrogen and oxygen atoms in total. The maximum atomic E-state index is 12.7. The Morgan fingerprint density at radius 2 is 1.69 bits per heavy atom.